The molecule has 0 fully saturated rings. The molecule has 0 heterocycles. The Morgan fingerprint density at radius 3 is 2.82 bits per heavy atom. The van der Waals surface area contributed by atoms with Crippen LogP contribution in [0.5, 0.6) is 0 Å². The first-order valence-corrected chi connectivity index (χ1v) is 4.25. The van der Waals surface area contributed by atoms with Crippen molar-refractivity contribution >= 4 is 45.7 Å². The molecule has 0 atom stereocenters. The molecule has 0 unspecified atom stereocenters. The zero-order valence-corrected chi connectivity index (χ0v) is 8.32. The highest BCUT2D eigenvalue weighted by Crippen LogP contribution is 2.17. The Hall–Kier alpha value is -0.320. The minimum absolute atomic E-state index is 0.280. The largest absolute Gasteiger partial charge is 0.206 e. The number of hydrogen-bond donors (Lipinski definition) is 0. The monoisotopic (exact) mass is 279 g/mol. The first kappa shape index (κ1) is 8.77. The molecule has 0 spiro atoms. The first-order valence-electron chi connectivity index (χ1n) is 2.77. The molecule has 0 aliphatic rings. The van der Waals surface area contributed by atoms with Crippen LogP contribution in [0.3, 0.4) is 0 Å². The Balaban J connectivity index is 3.14. The third-order valence-corrected chi connectivity index (χ3v) is 2.04. The first-order chi connectivity index (χ1) is 5.24. The SMILES string of the molecule is Fc1cc(N=C=S)ccc1I. The van der Waals surface area contributed by atoms with Crippen molar-refractivity contribution in [2.75, 3.05) is 0 Å². The Kier molecular flexibility index (Phi) is 3.11. The summed E-state index contributed by atoms with van der Waals surface area (Å²) in [6, 6.07) is 4.65. The second-order valence-corrected chi connectivity index (χ2v) is 3.15. The quantitative estimate of drug-likeness (QED) is 0.437. The van der Waals surface area contributed by atoms with Gasteiger partial charge in [0, 0.05) is 9.64 Å². The zero-order chi connectivity index (χ0) is 8.27. The highest BCUT2D eigenvalue weighted by Gasteiger charge is 1.97. The smallest absolute Gasteiger partial charge is 0.138 e. The van der Waals surface area contributed by atoms with Crippen molar-refractivity contribution in [3.8, 4) is 0 Å². The Morgan fingerprint density at radius 1 is 1.55 bits per heavy atom. The lowest BCUT2D eigenvalue weighted by Crippen LogP contribution is -1.78. The van der Waals surface area contributed by atoms with Gasteiger partial charge in [0.25, 0.3) is 0 Å². The number of halogens is 2. The van der Waals surface area contributed by atoms with Gasteiger partial charge in [-0.25, -0.2) is 4.39 Å². The van der Waals surface area contributed by atoms with Crippen LogP contribution in [0.1, 0.15) is 0 Å². The van der Waals surface area contributed by atoms with E-state index in [2.05, 4.69) is 22.4 Å². The molecule has 0 aliphatic heterocycles. The summed E-state index contributed by atoms with van der Waals surface area (Å²) in [4.78, 5) is 3.63. The summed E-state index contributed by atoms with van der Waals surface area (Å²) >= 11 is 6.28. The fourth-order valence-corrected chi connectivity index (χ4v) is 1.05. The molecule has 0 saturated heterocycles. The van der Waals surface area contributed by atoms with E-state index < -0.39 is 0 Å². The number of thiocarbonyl (C=S) groups is 1. The van der Waals surface area contributed by atoms with Gasteiger partial charge in [0.15, 0.2) is 0 Å². The molecule has 0 saturated carbocycles. The molecule has 0 bridgehead atoms. The molecule has 0 N–H and O–H groups in total. The van der Waals surface area contributed by atoms with Gasteiger partial charge in [-0.15, -0.1) is 0 Å². The Morgan fingerprint density at radius 2 is 2.27 bits per heavy atom. The van der Waals surface area contributed by atoms with E-state index in [1.165, 1.54) is 6.07 Å². The third-order valence-electron chi connectivity index (χ3n) is 1.08. The molecule has 11 heavy (non-hydrogen) atoms. The normalized spacial score (nSPS) is 8.91. The van der Waals surface area contributed by atoms with Gasteiger partial charge in [0.1, 0.15) is 5.82 Å². The fraction of sp³-hybridized carbons (Fsp3) is 0. The molecular formula is C7H3FINS. The zero-order valence-electron chi connectivity index (χ0n) is 5.34. The van der Waals surface area contributed by atoms with Crippen LogP contribution < -0.4 is 0 Å². The lowest BCUT2D eigenvalue weighted by Gasteiger charge is -1.93. The predicted octanol–water partition coefficient (Wildman–Crippen LogP) is 3.16. The van der Waals surface area contributed by atoms with E-state index in [1.54, 1.807) is 12.1 Å². The van der Waals surface area contributed by atoms with E-state index in [4.69, 9.17) is 0 Å². The van der Waals surface area contributed by atoms with Gasteiger partial charge in [0.2, 0.25) is 0 Å². The second-order valence-electron chi connectivity index (χ2n) is 1.80. The van der Waals surface area contributed by atoms with Crippen molar-refractivity contribution in [2.45, 2.75) is 0 Å². The maximum Gasteiger partial charge on any atom is 0.138 e. The van der Waals surface area contributed by atoms with Crippen LogP contribution in [0.25, 0.3) is 0 Å². The molecule has 0 radical (unpaired) electrons. The van der Waals surface area contributed by atoms with Crippen molar-refractivity contribution in [1.82, 2.24) is 0 Å². The van der Waals surface area contributed by atoms with Gasteiger partial charge >= 0.3 is 0 Å². The number of isothiocyanates is 1. The van der Waals surface area contributed by atoms with E-state index >= 15 is 0 Å². The Labute approximate surface area is 82.5 Å². The average Bonchev–Trinajstić information content (AvgIpc) is 1.98. The lowest BCUT2D eigenvalue weighted by molar-refractivity contribution is 0.621. The molecule has 4 heteroatoms. The fourth-order valence-electron chi connectivity index (χ4n) is 0.607. The van der Waals surface area contributed by atoms with E-state index in [-0.39, 0.29) is 5.82 Å². The molecule has 56 valence electrons. The van der Waals surface area contributed by atoms with Crippen LogP contribution in [0.15, 0.2) is 23.2 Å². The van der Waals surface area contributed by atoms with E-state index in [9.17, 15) is 4.39 Å². The summed E-state index contributed by atoms with van der Waals surface area (Å²) in [7, 11) is 0. The molecule has 1 rings (SSSR count). The Bertz CT molecular complexity index is 320. The maximum atomic E-state index is 12.8. The van der Waals surface area contributed by atoms with Crippen LogP contribution >= 0.6 is 34.8 Å². The number of nitrogens with zero attached hydrogens (tertiary/aromatic N) is 1. The molecule has 0 aromatic heterocycles. The number of benzene rings is 1. The standard InChI is InChI=1S/C7H3FINS/c8-6-3-5(10-4-11)1-2-7(6)9/h1-3H. The second kappa shape index (κ2) is 3.90. The van der Waals surface area contributed by atoms with Crippen molar-refractivity contribution in [1.29, 1.82) is 0 Å². The molecule has 1 aromatic carbocycles. The van der Waals surface area contributed by atoms with Crippen molar-refractivity contribution in [3.63, 3.8) is 0 Å². The number of hydrogen-bond acceptors (Lipinski definition) is 2. The number of aliphatic imine (C=N–C) groups is 1. The van der Waals surface area contributed by atoms with Gasteiger partial charge in [-0.2, -0.15) is 4.99 Å². The van der Waals surface area contributed by atoms with Gasteiger partial charge in [-0.05, 0) is 46.9 Å². The lowest BCUT2D eigenvalue weighted by atomic mass is 10.3. The van der Waals surface area contributed by atoms with Gasteiger partial charge < -0.3 is 0 Å². The molecule has 0 amide bonds. The minimum Gasteiger partial charge on any atom is -0.206 e. The van der Waals surface area contributed by atoms with Gasteiger partial charge in [0.05, 0.1) is 10.8 Å². The van der Waals surface area contributed by atoms with Crippen LogP contribution in [0.2, 0.25) is 0 Å². The summed E-state index contributed by atoms with van der Waals surface area (Å²) in [6.07, 6.45) is 0. The highest BCUT2D eigenvalue weighted by atomic mass is 127. The molecular weight excluding hydrogens is 276 g/mol. The highest BCUT2D eigenvalue weighted by molar-refractivity contribution is 14.1. The van der Waals surface area contributed by atoms with Gasteiger partial charge in [-0.1, -0.05) is 0 Å². The molecule has 1 nitrogen and oxygen atoms in total. The van der Waals surface area contributed by atoms with E-state index in [1.807, 2.05) is 22.6 Å². The average molecular weight is 279 g/mol. The summed E-state index contributed by atoms with van der Waals surface area (Å²) in [5, 5.41) is 2.17. The summed E-state index contributed by atoms with van der Waals surface area (Å²) in [6.45, 7) is 0. The third kappa shape index (κ3) is 2.32. The van der Waals surface area contributed by atoms with E-state index in [0.717, 1.165) is 0 Å². The van der Waals surface area contributed by atoms with Crippen LogP contribution in [0, 0.1) is 9.39 Å². The van der Waals surface area contributed by atoms with Crippen LogP contribution in [-0.2, 0) is 0 Å². The van der Waals surface area contributed by atoms with Crippen molar-refractivity contribution < 1.29 is 4.39 Å². The summed E-state index contributed by atoms with van der Waals surface area (Å²) in [5.74, 6) is -0.280. The van der Waals surface area contributed by atoms with Crippen LogP contribution in [0.4, 0.5) is 10.1 Å². The molecule has 1 aromatic rings. The topological polar surface area (TPSA) is 12.4 Å². The minimum atomic E-state index is -0.280. The van der Waals surface area contributed by atoms with Gasteiger partial charge in [-0.3, -0.25) is 0 Å². The van der Waals surface area contributed by atoms with Crippen molar-refractivity contribution in [3.05, 3.63) is 27.6 Å². The predicted molar refractivity (Wildman–Crippen MR) is 53.8 cm³/mol. The van der Waals surface area contributed by atoms with Crippen molar-refractivity contribution in [2.24, 2.45) is 4.99 Å². The number of rotatable bonds is 1. The van der Waals surface area contributed by atoms with Crippen LogP contribution in [-0.4, -0.2) is 5.16 Å². The summed E-state index contributed by atoms with van der Waals surface area (Å²) < 4.78 is 13.3. The maximum absolute atomic E-state index is 12.8. The van der Waals surface area contributed by atoms with E-state index in [0.29, 0.717) is 9.26 Å². The molecule has 0 aliphatic carbocycles. The summed E-state index contributed by atoms with van der Waals surface area (Å²) in [5.41, 5.74) is 0.498.